The molecule has 0 fully saturated rings. The van der Waals surface area contributed by atoms with Gasteiger partial charge in [-0.3, -0.25) is 29.5 Å². The largest absolute Gasteiger partial charge is 0.368 e. The second-order valence-corrected chi connectivity index (χ2v) is 9.25. The van der Waals surface area contributed by atoms with Crippen LogP contribution in [0.1, 0.15) is 33.0 Å². The molecule has 0 saturated carbocycles. The third-order valence-corrected chi connectivity index (χ3v) is 6.56. The number of amides is 2. The van der Waals surface area contributed by atoms with Gasteiger partial charge in [0.05, 0.1) is 34.0 Å². The lowest BCUT2D eigenvalue weighted by molar-refractivity contribution is 0.0705. The number of aryl methyl sites for hydroxylation is 1. The molecule has 2 amide bonds. The number of carbonyl (C=O) groups excluding carboxylic acids is 2. The molecule has 15 heteroatoms. The lowest BCUT2D eigenvalue weighted by atomic mass is 10.1. The van der Waals surface area contributed by atoms with E-state index in [1.807, 2.05) is 18.2 Å². The Hall–Kier alpha value is -6.09. The summed E-state index contributed by atoms with van der Waals surface area (Å²) in [5, 5.41) is 14.7. The molecular weight excluding hydrogens is 554 g/mol. The molecule has 214 valence electrons. The second-order valence-electron chi connectivity index (χ2n) is 9.25. The third-order valence-electron chi connectivity index (χ3n) is 6.56. The summed E-state index contributed by atoms with van der Waals surface area (Å²) in [6, 6.07) is 13.9. The number of hydroxylamine groups is 1. The van der Waals surface area contributed by atoms with Crippen LogP contribution in [-0.2, 0) is 6.42 Å². The highest BCUT2D eigenvalue weighted by molar-refractivity contribution is 6.11. The molecule has 0 bridgehead atoms. The summed E-state index contributed by atoms with van der Waals surface area (Å²) < 4.78 is 1.51. The van der Waals surface area contributed by atoms with E-state index in [0.717, 1.165) is 12.4 Å². The number of fused-ring (bicyclic) bond motifs is 2. The first-order valence-electron chi connectivity index (χ1n) is 13.1. The van der Waals surface area contributed by atoms with E-state index in [9.17, 15) is 14.4 Å². The molecule has 0 spiro atoms. The zero-order valence-corrected chi connectivity index (χ0v) is 22.4. The normalized spacial score (nSPS) is 11.0. The summed E-state index contributed by atoms with van der Waals surface area (Å²) in [5.74, 6) is -0.363. The average molecular weight is 578 g/mol. The molecule has 0 radical (unpaired) electrons. The molecule has 0 aliphatic rings. The number of para-hydroxylation sites is 1. The number of hydrogen-bond donors (Lipinski definition) is 5. The second kappa shape index (κ2) is 11.8. The maximum atomic E-state index is 14.1. The number of nitrogens with one attached hydrogen (secondary N) is 4. The quantitative estimate of drug-likeness (QED) is 0.0957. The zero-order chi connectivity index (χ0) is 29.8. The van der Waals surface area contributed by atoms with Crippen LogP contribution in [0, 0.1) is 0 Å². The van der Waals surface area contributed by atoms with Crippen molar-refractivity contribution in [1.29, 1.82) is 0 Å². The minimum Gasteiger partial charge on any atom is -0.368 e. The van der Waals surface area contributed by atoms with Crippen molar-refractivity contribution in [3.63, 3.8) is 0 Å². The molecule has 2 aromatic carbocycles. The van der Waals surface area contributed by atoms with Crippen LogP contribution < -0.4 is 21.7 Å². The first-order valence-corrected chi connectivity index (χ1v) is 13.1. The van der Waals surface area contributed by atoms with E-state index in [1.165, 1.54) is 22.4 Å². The molecule has 4 heterocycles. The van der Waals surface area contributed by atoms with E-state index in [2.05, 4.69) is 40.5 Å². The topological polar surface area (TPSA) is 206 Å². The highest BCUT2D eigenvalue weighted by Gasteiger charge is 2.20. The van der Waals surface area contributed by atoms with Crippen LogP contribution >= 0.6 is 0 Å². The lowest BCUT2D eigenvalue weighted by Gasteiger charge is -2.15. The number of H-pyrrole nitrogens is 1. The fourth-order valence-electron chi connectivity index (χ4n) is 4.57. The van der Waals surface area contributed by atoms with Crippen molar-refractivity contribution in [3.8, 4) is 5.69 Å². The summed E-state index contributed by atoms with van der Waals surface area (Å²) in [4.78, 5) is 67.1. The predicted molar refractivity (Wildman–Crippen MR) is 155 cm³/mol. The van der Waals surface area contributed by atoms with Crippen LogP contribution in [0.15, 0.2) is 78.4 Å². The van der Waals surface area contributed by atoms with Crippen molar-refractivity contribution < 1.29 is 14.8 Å². The van der Waals surface area contributed by atoms with Gasteiger partial charge < -0.3 is 10.3 Å². The van der Waals surface area contributed by atoms with Gasteiger partial charge in [-0.1, -0.05) is 24.3 Å². The van der Waals surface area contributed by atoms with Crippen LogP contribution in [0.25, 0.3) is 27.8 Å². The van der Waals surface area contributed by atoms with Crippen LogP contribution in [0.2, 0.25) is 0 Å². The number of hydrogen-bond acceptors (Lipinski definition) is 11. The number of rotatable bonds is 9. The summed E-state index contributed by atoms with van der Waals surface area (Å²) in [6.45, 7) is 0.537. The Balaban J connectivity index is 1.30. The highest BCUT2D eigenvalue weighted by atomic mass is 16.5. The molecule has 4 aromatic heterocycles. The molecular formula is C28H23N11O4. The fraction of sp³-hybridized carbons (Fsp3) is 0.107. The van der Waals surface area contributed by atoms with E-state index in [4.69, 9.17) is 10.2 Å². The molecule has 0 saturated heterocycles. The molecule has 15 nitrogen and oxygen atoms in total. The van der Waals surface area contributed by atoms with E-state index >= 15 is 0 Å². The van der Waals surface area contributed by atoms with E-state index in [-0.39, 0.29) is 22.5 Å². The Morgan fingerprint density at radius 1 is 0.930 bits per heavy atom. The minimum atomic E-state index is -0.796. The number of nitrogens with zero attached hydrogens (tertiary/aromatic N) is 7. The predicted octanol–water partition coefficient (Wildman–Crippen LogP) is 2.26. The van der Waals surface area contributed by atoms with Gasteiger partial charge in [0.15, 0.2) is 11.5 Å². The fourth-order valence-corrected chi connectivity index (χ4v) is 4.57. The molecule has 6 rings (SSSR count). The molecule has 43 heavy (non-hydrogen) atoms. The zero-order valence-electron chi connectivity index (χ0n) is 22.4. The summed E-state index contributed by atoms with van der Waals surface area (Å²) in [5.41, 5.74) is 3.39. The first kappa shape index (κ1) is 27.1. The number of aromatic nitrogens is 8. The van der Waals surface area contributed by atoms with Crippen molar-refractivity contribution in [2.75, 3.05) is 17.2 Å². The summed E-state index contributed by atoms with van der Waals surface area (Å²) in [7, 11) is 0. The van der Waals surface area contributed by atoms with Gasteiger partial charge >= 0.3 is 0 Å². The van der Waals surface area contributed by atoms with Gasteiger partial charge in [0.1, 0.15) is 17.7 Å². The SMILES string of the molecule is O=C(NO)c1cnc(NC(=O)c2cccc3nc(CCCNc4ncnc5nc[nH]c45)n(-c4ccccc4)c(=O)c23)nc1. The summed E-state index contributed by atoms with van der Waals surface area (Å²) >= 11 is 0. The van der Waals surface area contributed by atoms with Crippen LogP contribution in [0.4, 0.5) is 11.8 Å². The van der Waals surface area contributed by atoms with Gasteiger partial charge in [-0.15, -0.1) is 0 Å². The van der Waals surface area contributed by atoms with Crippen LogP contribution in [0.5, 0.6) is 0 Å². The Bertz CT molecular complexity index is 2010. The van der Waals surface area contributed by atoms with Gasteiger partial charge in [0.2, 0.25) is 5.95 Å². The molecule has 6 aromatic rings. The van der Waals surface area contributed by atoms with Crippen LogP contribution in [0.3, 0.4) is 0 Å². The molecule has 0 aliphatic carbocycles. The Morgan fingerprint density at radius 3 is 2.53 bits per heavy atom. The minimum absolute atomic E-state index is 0.00466. The molecule has 0 unspecified atom stereocenters. The van der Waals surface area contributed by atoms with Gasteiger partial charge in [0, 0.05) is 25.4 Å². The smallest absolute Gasteiger partial charge is 0.277 e. The number of benzene rings is 2. The van der Waals surface area contributed by atoms with E-state index in [1.54, 1.807) is 30.6 Å². The molecule has 5 N–H and O–H groups in total. The van der Waals surface area contributed by atoms with Crippen molar-refractivity contribution in [3.05, 3.63) is 101 Å². The van der Waals surface area contributed by atoms with Crippen molar-refractivity contribution in [1.82, 2.24) is 44.9 Å². The standard InChI is InChI=1S/C28H23N11O4/c40-25(38-43)16-12-30-28(31-13-16)37-26(41)18-8-4-9-19-21(18)27(42)39(17-6-2-1-3-7-17)20(36-19)10-5-11-29-23-22-24(33-14-32-22)35-15-34-23/h1-4,6-9,12-15,43H,5,10-11H2,(H,38,40)(H,30,31,37,41)(H2,29,32,33,34,35). The molecule has 0 aliphatic heterocycles. The van der Waals surface area contributed by atoms with Crippen LogP contribution in [-0.4, -0.2) is 63.0 Å². The Kier molecular flexibility index (Phi) is 7.43. The average Bonchev–Trinajstić information content (AvgIpc) is 3.53. The number of carbonyl (C=O) groups is 2. The Morgan fingerprint density at radius 2 is 1.74 bits per heavy atom. The van der Waals surface area contributed by atoms with Crippen molar-refractivity contribution in [2.24, 2.45) is 0 Å². The first-order chi connectivity index (χ1) is 21.0. The third kappa shape index (κ3) is 5.47. The van der Waals surface area contributed by atoms with E-state index < -0.39 is 17.4 Å². The number of anilines is 2. The maximum Gasteiger partial charge on any atom is 0.277 e. The van der Waals surface area contributed by atoms with E-state index in [0.29, 0.717) is 53.4 Å². The lowest BCUT2D eigenvalue weighted by Crippen LogP contribution is -2.27. The van der Waals surface area contributed by atoms with Gasteiger partial charge in [-0.05, 0) is 30.7 Å². The van der Waals surface area contributed by atoms with Crippen molar-refractivity contribution >= 4 is 45.6 Å². The van der Waals surface area contributed by atoms with Gasteiger partial charge in [-0.2, -0.15) is 0 Å². The Labute approximate surface area is 242 Å². The number of imidazole rings is 1. The maximum absolute atomic E-state index is 14.1. The summed E-state index contributed by atoms with van der Waals surface area (Å²) in [6.07, 6.45) is 6.34. The number of aromatic amines is 1. The van der Waals surface area contributed by atoms with Crippen molar-refractivity contribution in [2.45, 2.75) is 12.8 Å². The van der Waals surface area contributed by atoms with Gasteiger partial charge in [0.25, 0.3) is 17.4 Å². The molecule has 0 atom stereocenters. The van der Waals surface area contributed by atoms with Gasteiger partial charge in [-0.25, -0.2) is 35.4 Å². The monoisotopic (exact) mass is 577 g/mol. The highest BCUT2D eigenvalue weighted by Crippen LogP contribution is 2.19.